The Morgan fingerprint density at radius 3 is 2.18 bits per heavy atom. The molecule has 96 valence electrons. The van der Waals surface area contributed by atoms with Gasteiger partial charge in [0.15, 0.2) is 0 Å². The van der Waals surface area contributed by atoms with Crippen molar-refractivity contribution in [1.29, 1.82) is 0 Å². The third-order valence-corrected chi connectivity index (χ3v) is 2.91. The molecule has 0 radical (unpaired) electrons. The maximum Gasteiger partial charge on any atom is 0.126 e. The largest absolute Gasteiger partial charge is 0.316 e. The van der Waals surface area contributed by atoms with Gasteiger partial charge in [0.25, 0.3) is 0 Å². The van der Waals surface area contributed by atoms with Crippen molar-refractivity contribution >= 4 is 0 Å². The second-order valence-electron chi connectivity index (χ2n) is 4.76. The van der Waals surface area contributed by atoms with Gasteiger partial charge in [-0.2, -0.15) is 0 Å². The quantitative estimate of drug-likeness (QED) is 0.749. The van der Waals surface area contributed by atoms with Gasteiger partial charge in [-0.1, -0.05) is 20.8 Å². The smallest absolute Gasteiger partial charge is 0.126 e. The van der Waals surface area contributed by atoms with Crippen LogP contribution in [0.2, 0.25) is 0 Å². The average molecular weight is 241 g/mol. The number of nitrogens with one attached hydrogen (secondary N) is 1. The summed E-state index contributed by atoms with van der Waals surface area (Å²) >= 11 is 0. The summed E-state index contributed by atoms with van der Waals surface area (Å²) in [6.07, 6.45) is 1.06. The van der Waals surface area contributed by atoms with Crippen LogP contribution in [-0.2, 0) is 0 Å². The molecule has 0 amide bonds. The zero-order valence-corrected chi connectivity index (χ0v) is 10.8. The van der Waals surface area contributed by atoms with Crippen LogP contribution in [0.25, 0.3) is 0 Å². The average Bonchev–Trinajstić information content (AvgIpc) is 2.22. The summed E-state index contributed by atoms with van der Waals surface area (Å²) in [6, 6.07) is 3.78. The fourth-order valence-corrected chi connectivity index (χ4v) is 1.96. The van der Waals surface area contributed by atoms with Crippen LogP contribution in [0.4, 0.5) is 8.78 Å². The number of benzene rings is 1. The predicted molar refractivity (Wildman–Crippen MR) is 67.1 cm³/mol. The van der Waals surface area contributed by atoms with Gasteiger partial charge in [0.05, 0.1) is 0 Å². The molecule has 3 heteroatoms. The fourth-order valence-electron chi connectivity index (χ4n) is 1.96. The summed E-state index contributed by atoms with van der Waals surface area (Å²) in [6.45, 7) is 7.93. The second-order valence-corrected chi connectivity index (χ2v) is 4.76. The summed E-state index contributed by atoms with van der Waals surface area (Å²) in [5.41, 5.74) is 0.737. The van der Waals surface area contributed by atoms with Crippen molar-refractivity contribution in [2.75, 3.05) is 13.1 Å². The Morgan fingerprint density at radius 1 is 1.12 bits per heavy atom. The van der Waals surface area contributed by atoms with E-state index < -0.39 is 11.6 Å². The van der Waals surface area contributed by atoms with Gasteiger partial charge in [-0.3, -0.25) is 0 Å². The van der Waals surface area contributed by atoms with E-state index in [9.17, 15) is 8.78 Å². The summed E-state index contributed by atoms with van der Waals surface area (Å²) in [4.78, 5) is 0. The molecule has 1 aromatic carbocycles. The number of rotatable bonds is 6. The molecule has 1 aromatic rings. The summed E-state index contributed by atoms with van der Waals surface area (Å²) < 4.78 is 26.4. The van der Waals surface area contributed by atoms with Crippen LogP contribution >= 0.6 is 0 Å². The third-order valence-electron chi connectivity index (χ3n) is 2.91. The molecule has 0 aromatic heterocycles. The van der Waals surface area contributed by atoms with Gasteiger partial charge < -0.3 is 5.32 Å². The molecule has 1 unspecified atom stereocenters. The van der Waals surface area contributed by atoms with Crippen molar-refractivity contribution in [2.24, 2.45) is 5.92 Å². The van der Waals surface area contributed by atoms with Crippen molar-refractivity contribution < 1.29 is 8.78 Å². The Labute approximate surface area is 102 Å². The van der Waals surface area contributed by atoms with Crippen LogP contribution in [0.3, 0.4) is 0 Å². The second kappa shape index (κ2) is 6.70. The minimum atomic E-state index is -0.499. The third kappa shape index (κ3) is 4.43. The van der Waals surface area contributed by atoms with Crippen molar-refractivity contribution in [3.8, 4) is 0 Å². The van der Waals surface area contributed by atoms with E-state index in [1.165, 1.54) is 12.1 Å². The molecule has 17 heavy (non-hydrogen) atoms. The molecule has 0 saturated carbocycles. The lowest BCUT2D eigenvalue weighted by molar-refractivity contribution is 0.456. The molecule has 0 aliphatic rings. The van der Waals surface area contributed by atoms with Gasteiger partial charge in [0.2, 0.25) is 0 Å². The Balaban J connectivity index is 2.81. The van der Waals surface area contributed by atoms with E-state index >= 15 is 0 Å². The van der Waals surface area contributed by atoms with Crippen LogP contribution in [0, 0.1) is 17.6 Å². The van der Waals surface area contributed by atoms with E-state index in [2.05, 4.69) is 26.1 Å². The SMILES string of the molecule is CCCNCC(c1cc(F)cc(F)c1)C(C)C. The highest BCUT2D eigenvalue weighted by molar-refractivity contribution is 5.22. The highest BCUT2D eigenvalue weighted by atomic mass is 19.1. The maximum atomic E-state index is 13.2. The van der Waals surface area contributed by atoms with Crippen LogP contribution in [0.1, 0.15) is 38.7 Å². The molecule has 1 nitrogen and oxygen atoms in total. The first kappa shape index (κ1) is 14.1. The summed E-state index contributed by atoms with van der Waals surface area (Å²) in [5.74, 6) is -0.505. The minimum absolute atomic E-state index is 0.145. The molecule has 1 rings (SSSR count). The summed E-state index contributed by atoms with van der Waals surface area (Å²) in [5, 5.41) is 3.31. The number of hydrogen-bond acceptors (Lipinski definition) is 1. The van der Waals surface area contributed by atoms with E-state index in [-0.39, 0.29) is 5.92 Å². The van der Waals surface area contributed by atoms with E-state index in [1.807, 2.05) is 0 Å². The Hall–Kier alpha value is -0.960. The maximum absolute atomic E-state index is 13.2. The van der Waals surface area contributed by atoms with Crippen LogP contribution in [0.5, 0.6) is 0 Å². The van der Waals surface area contributed by atoms with Crippen LogP contribution in [-0.4, -0.2) is 13.1 Å². The molecule has 0 fully saturated rings. The van der Waals surface area contributed by atoms with Crippen molar-refractivity contribution in [3.63, 3.8) is 0 Å². The zero-order chi connectivity index (χ0) is 12.8. The molecule has 0 aliphatic heterocycles. The lowest BCUT2D eigenvalue weighted by Gasteiger charge is -2.22. The molecule has 0 aliphatic carbocycles. The molecular weight excluding hydrogens is 220 g/mol. The predicted octanol–water partition coefficient (Wildman–Crippen LogP) is 3.70. The molecule has 1 N–H and O–H groups in total. The Bertz CT molecular complexity index is 330. The normalized spacial score (nSPS) is 13.1. The van der Waals surface area contributed by atoms with E-state index in [4.69, 9.17) is 0 Å². The van der Waals surface area contributed by atoms with E-state index in [1.54, 1.807) is 0 Å². The summed E-state index contributed by atoms with van der Waals surface area (Å²) in [7, 11) is 0. The van der Waals surface area contributed by atoms with Gasteiger partial charge in [-0.05, 0) is 42.5 Å². The topological polar surface area (TPSA) is 12.0 Å². The van der Waals surface area contributed by atoms with E-state index in [0.29, 0.717) is 5.92 Å². The molecule has 0 heterocycles. The number of hydrogen-bond donors (Lipinski definition) is 1. The highest BCUT2D eigenvalue weighted by Gasteiger charge is 2.17. The lowest BCUT2D eigenvalue weighted by Crippen LogP contribution is -2.25. The highest BCUT2D eigenvalue weighted by Crippen LogP contribution is 2.25. The van der Waals surface area contributed by atoms with Gasteiger partial charge in [-0.15, -0.1) is 0 Å². The monoisotopic (exact) mass is 241 g/mol. The number of halogens is 2. The first-order valence-corrected chi connectivity index (χ1v) is 6.21. The first-order chi connectivity index (χ1) is 8.04. The molecular formula is C14H21F2N. The van der Waals surface area contributed by atoms with Crippen LogP contribution in [0.15, 0.2) is 18.2 Å². The van der Waals surface area contributed by atoms with Crippen molar-refractivity contribution in [1.82, 2.24) is 5.32 Å². The Morgan fingerprint density at radius 2 is 1.71 bits per heavy atom. The first-order valence-electron chi connectivity index (χ1n) is 6.21. The van der Waals surface area contributed by atoms with Crippen LogP contribution < -0.4 is 5.32 Å². The van der Waals surface area contributed by atoms with E-state index in [0.717, 1.165) is 31.1 Å². The molecule has 0 bridgehead atoms. The molecule has 0 spiro atoms. The Kier molecular flexibility index (Phi) is 5.56. The lowest BCUT2D eigenvalue weighted by atomic mass is 9.88. The fraction of sp³-hybridized carbons (Fsp3) is 0.571. The standard InChI is InChI=1S/C14H21F2N/c1-4-5-17-9-14(10(2)3)11-6-12(15)8-13(16)7-11/h6-8,10,14,17H,4-5,9H2,1-3H3. The van der Waals surface area contributed by atoms with Gasteiger partial charge in [0.1, 0.15) is 11.6 Å². The van der Waals surface area contributed by atoms with Crippen molar-refractivity contribution in [2.45, 2.75) is 33.1 Å². The van der Waals surface area contributed by atoms with Gasteiger partial charge >= 0.3 is 0 Å². The molecule has 1 atom stereocenters. The zero-order valence-electron chi connectivity index (χ0n) is 10.8. The van der Waals surface area contributed by atoms with Gasteiger partial charge in [0, 0.05) is 12.6 Å². The minimum Gasteiger partial charge on any atom is -0.316 e. The van der Waals surface area contributed by atoms with Gasteiger partial charge in [-0.25, -0.2) is 8.78 Å². The van der Waals surface area contributed by atoms with Crippen molar-refractivity contribution in [3.05, 3.63) is 35.4 Å². The molecule has 0 saturated heterocycles.